The van der Waals surface area contributed by atoms with Crippen LogP contribution in [0.1, 0.15) is 52.4 Å². The minimum Gasteiger partial charge on any atom is -0.550 e. The first-order chi connectivity index (χ1) is 8.49. The number of carbonyl (C=O) groups excluding carboxylic acids is 2. The normalized spacial score (nSPS) is 22.1. The van der Waals surface area contributed by atoms with Gasteiger partial charge in [-0.3, -0.25) is 0 Å². The fourth-order valence-electron chi connectivity index (χ4n) is 3.34. The molecule has 4 heteroatoms. The van der Waals surface area contributed by atoms with Crippen LogP contribution in [0.4, 0.5) is 0 Å². The molecule has 1 saturated carbocycles. The van der Waals surface area contributed by atoms with Crippen LogP contribution in [0.25, 0.3) is 0 Å². The molecule has 1 rings (SSSR count). The third-order valence-corrected chi connectivity index (χ3v) is 4.37. The lowest BCUT2D eigenvalue weighted by Crippen LogP contribution is -2.47. The number of hydrogen-bond donors (Lipinski definition) is 0. The number of aliphatic carboxylic acids is 2. The first kappa shape index (κ1) is 15.0. The van der Waals surface area contributed by atoms with Crippen LogP contribution < -0.4 is 10.2 Å². The largest absolute Gasteiger partial charge is 0.550 e. The van der Waals surface area contributed by atoms with Crippen LogP contribution in [0.3, 0.4) is 0 Å². The summed E-state index contributed by atoms with van der Waals surface area (Å²) in [7, 11) is 0. The van der Waals surface area contributed by atoms with Crippen molar-refractivity contribution in [1.82, 2.24) is 0 Å². The number of carboxylic acid groups (broad SMARTS) is 2. The van der Waals surface area contributed by atoms with Gasteiger partial charge in [0, 0.05) is 23.8 Å². The fraction of sp³-hybridized carbons (Fsp3) is 0.857. The Hall–Kier alpha value is -1.06. The van der Waals surface area contributed by atoms with Gasteiger partial charge in [0.2, 0.25) is 0 Å². The number of carboxylic acids is 2. The fourth-order valence-corrected chi connectivity index (χ4v) is 3.34. The van der Waals surface area contributed by atoms with Gasteiger partial charge in [0.15, 0.2) is 0 Å². The standard InChI is InChI=1S/C14H24O4/c1-3-11(10-7-5-4-6-8-10)12(14(17)18)9(2)13(15)16/h9-12H,3-8H2,1-2H3,(H,15,16)(H,17,18)/p-2. The van der Waals surface area contributed by atoms with Crippen molar-refractivity contribution in [2.45, 2.75) is 52.4 Å². The van der Waals surface area contributed by atoms with E-state index in [2.05, 4.69) is 0 Å². The van der Waals surface area contributed by atoms with Gasteiger partial charge in [-0.25, -0.2) is 0 Å². The van der Waals surface area contributed by atoms with Crippen LogP contribution in [-0.4, -0.2) is 11.9 Å². The number of carbonyl (C=O) groups is 2. The summed E-state index contributed by atoms with van der Waals surface area (Å²) in [4.78, 5) is 22.2. The Balaban J connectivity index is 2.85. The second-order valence-corrected chi connectivity index (χ2v) is 5.42. The van der Waals surface area contributed by atoms with Gasteiger partial charge in [0.1, 0.15) is 0 Å². The van der Waals surface area contributed by atoms with E-state index in [4.69, 9.17) is 0 Å². The highest BCUT2D eigenvalue weighted by atomic mass is 16.4. The smallest absolute Gasteiger partial charge is 0.0454 e. The molecule has 0 aromatic carbocycles. The average molecular weight is 254 g/mol. The maximum Gasteiger partial charge on any atom is 0.0454 e. The van der Waals surface area contributed by atoms with Crippen molar-refractivity contribution in [2.75, 3.05) is 0 Å². The summed E-state index contributed by atoms with van der Waals surface area (Å²) in [6.45, 7) is 3.35. The van der Waals surface area contributed by atoms with E-state index in [0.717, 1.165) is 25.7 Å². The van der Waals surface area contributed by atoms with Crippen LogP contribution >= 0.6 is 0 Å². The van der Waals surface area contributed by atoms with E-state index in [1.54, 1.807) is 0 Å². The van der Waals surface area contributed by atoms with E-state index in [1.807, 2.05) is 6.92 Å². The third-order valence-electron chi connectivity index (χ3n) is 4.37. The van der Waals surface area contributed by atoms with Gasteiger partial charge in [-0.05, 0) is 11.8 Å². The lowest BCUT2D eigenvalue weighted by atomic mass is 9.69. The first-order valence-corrected chi connectivity index (χ1v) is 6.90. The molecular weight excluding hydrogens is 232 g/mol. The highest BCUT2D eigenvalue weighted by molar-refractivity contribution is 5.77. The minimum atomic E-state index is -1.29. The molecule has 0 aromatic heterocycles. The van der Waals surface area contributed by atoms with Gasteiger partial charge in [-0.15, -0.1) is 0 Å². The molecule has 18 heavy (non-hydrogen) atoms. The quantitative estimate of drug-likeness (QED) is 0.684. The molecule has 1 fully saturated rings. The zero-order valence-corrected chi connectivity index (χ0v) is 11.2. The molecule has 0 radical (unpaired) electrons. The maximum absolute atomic E-state index is 11.3. The summed E-state index contributed by atoms with van der Waals surface area (Å²) < 4.78 is 0. The third kappa shape index (κ3) is 3.47. The second kappa shape index (κ2) is 6.76. The molecule has 0 saturated heterocycles. The monoisotopic (exact) mass is 254 g/mol. The van der Waals surface area contributed by atoms with E-state index in [0.29, 0.717) is 12.3 Å². The zero-order chi connectivity index (χ0) is 13.7. The Labute approximate surface area is 108 Å². The molecule has 3 unspecified atom stereocenters. The molecule has 0 heterocycles. The minimum absolute atomic E-state index is 0.108. The van der Waals surface area contributed by atoms with Crippen molar-refractivity contribution in [1.29, 1.82) is 0 Å². The molecular formula is C14H22O4-2. The van der Waals surface area contributed by atoms with Crippen molar-refractivity contribution in [3.05, 3.63) is 0 Å². The van der Waals surface area contributed by atoms with Gasteiger partial charge < -0.3 is 19.8 Å². The predicted molar refractivity (Wildman–Crippen MR) is 63.0 cm³/mol. The zero-order valence-electron chi connectivity index (χ0n) is 11.2. The molecule has 0 N–H and O–H groups in total. The summed E-state index contributed by atoms with van der Waals surface area (Å²) in [6, 6.07) is 0. The summed E-state index contributed by atoms with van der Waals surface area (Å²) in [6.07, 6.45) is 6.10. The molecule has 0 amide bonds. The molecule has 1 aliphatic rings. The Morgan fingerprint density at radius 1 is 1.11 bits per heavy atom. The van der Waals surface area contributed by atoms with Gasteiger partial charge in [-0.1, -0.05) is 52.4 Å². The van der Waals surface area contributed by atoms with Crippen molar-refractivity contribution < 1.29 is 19.8 Å². The maximum atomic E-state index is 11.3. The van der Waals surface area contributed by atoms with E-state index in [1.165, 1.54) is 13.3 Å². The molecule has 0 aromatic rings. The Kier molecular flexibility index (Phi) is 5.63. The van der Waals surface area contributed by atoms with Crippen molar-refractivity contribution in [2.24, 2.45) is 23.7 Å². The highest BCUT2D eigenvalue weighted by Crippen LogP contribution is 2.38. The van der Waals surface area contributed by atoms with Gasteiger partial charge >= 0.3 is 0 Å². The summed E-state index contributed by atoms with van der Waals surface area (Å²) in [5.41, 5.74) is 0. The van der Waals surface area contributed by atoms with E-state index < -0.39 is 23.8 Å². The SMILES string of the molecule is CCC(C1CCCCC1)C(C(=O)[O-])C(C)C(=O)[O-]. The van der Waals surface area contributed by atoms with Crippen LogP contribution in [0.5, 0.6) is 0 Å². The van der Waals surface area contributed by atoms with E-state index >= 15 is 0 Å². The Morgan fingerprint density at radius 3 is 2.06 bits per heavy atom. The Morgan fingerprint density at radius 2 is 1.67 bits per heavy atom. The predicted octanol–water partition coefficient (Wildman–Crippen LogP) is 0.345. The number of rotatable bonds is 6. The Bertz CT molecular complexity index is 294. The lowest BCUT2D eigenvalue weighted by molar-refractivity contribution is -0.328. The molecule has 1 aliphatic carbocycles. The summed E-state index contributed by atoms with van der Waals surface area (Å²) in [5.74, 6) is -4.25. The van der Waals surface area contributed by atoms with Crippen LogP contribution in [0.15, 0.2) is 0 Å². The van der Waals surface area contributed by atoms with E-state index in [-0.39, 0.29) is 5.92 Å². The second-order valence-electron chi connectivity index (χ2n) is 5.42. The molecule has 0 bridgehead atoms. The van der Waals surface area contributed by atoms with Gasteiger partial charge in [0.25, 0.3) is 0 Å². The lowest BCUT2D eigenvalue weighted by Gasteiger charge is -2.39. The summed E-state index contributed by atoms with van der Waals surface area (Å²) >= 11 is 0. The van der Waals surface area contributed by atoms with Crippen LogP contribution in [-0.2, 0) is 9.59 Å². The summed E-state index contributed by atoms with van der Waals surface area (Å²) in [5, 5.41) is 22.2. The van der Waals surface area contributed by atoms with Gasteiger partial charge in [0.05, 0.1) is 0 Å². The van der Waals surface area contributed by atoms with Crippen LogP contribution in [0.2, 0.25) is 0 Å². The van der Waals surface area contributed by atoms with E-state index in [9.17, 15) is 19.8 Å². The molecule has 104 valence electrons. The highest BCUT2D eigenvalue weighted by Gasteiger charge is 2.33. The average Bonchev–Trinajstić information content (AvgIpc) is 2.35. The van der Waals surface area contributed by atoms with Gasteiger partial charge in [-0.2, -0.15) is 0 Å². The molecule has 0 aliphatic heterocycles. The van der Waals surface area contributed by atoms with Crippen molar-refractivity contribution in [3.8, 4) is 0 Å². The van der Waals surface area contributed by atoms with Crippen molar-refractivity contribution in [3.63, 3.8) is 0 Å². The van der Waals surface area contributed by atoms with Crippen LogP contribution in [0, 0.1) is 23.7 Å². The molecule has 4 nitrogen and oxygen atoms in total. The van der Waals surface area contributed by atoms with Crippen molar-refractivity contribution >= 4 is 11.9 Å². The number of hydrogen-bond acceptors (Lipinski definition) is 4. The first-order valence-electron chi connectivity index (χ1n) is 6.90. The molecule has 3 atom stereocenters. The topological polar surface area (TPSA) is 80.3 Å². The molecule has 0 spiro atoms.